The molecule has 2 amide bonds. The van der Waals surface area contributed by atoms with E-state index in [9.17, 15) is 9.59 Å². The molecule has 7 heteroatoms. The molecule has 0 saturated carbocycles. The Morgan fingerprint density at radius 1 is 1.12 bits per heavy atom. The van der Waals surface area contributed by atoms with Crippen molar-refractivity contribution in [1.29, 1.82) is 0 Å². The molecule has 3 heterocycles. The standard InChI is InChI=1S/C27H38N4O3/c1-27(2,3)22-6-4-18(5-7-22)24-16-23(30-34-24)14-21-17-29-11-8-20(21)15-25(32)31-12-9-19(10-13-31)26(28)33/h4-7,16,19-21,29H,8-15,17H2,1-3H3,(H2,28,33). The van der Waals surface area contributed by atoms with E-state index in [-0.39, 0.29) is 23.1 Å². The van der Waals surface area contributed by atoms with E-state index in [4.69, 9.17) is 10.3 Å². The summed E-state index contributed by atoms with van der Waals surface area (Å²) >= 11 is 0. The van der Waals surface area contributed by atoms with Crippen molar-refractivity contribution in [2.45, 2.75) is 58.3 Å². The Hall–Kier alpha value is -2.67. The zero-order chi connectivity index (χ0) is 24.3. The molecule has 2 aliphatic rings. The van der Waals surface area contributed by atoms with Crippen molar-refractivity contribution < 1.29 is 14.1 Å². The maximum atomic E-state index is 13.0. The molecule has 0 bridgehead atoms. The third-order valence-electron chi connectivity index (χ3n) is 7.52. The first-order chi connectivity index (χ1) is 16.2. The molecule has 1 aromatic carbocycles. The summed E-state index contributed by atoms with van der Waals surface area (Å²) in [6.45, 7) is 9.68. The predicted octanol–water partition coefficient (Wildman–Crippen LogP) is 3.52. The fourth-order valence-corrected chi connectivity index (χ4v) is 5.20. The second-order valence-electron chi connectivity index (χ2n) is 11.0. The highest BCUT2D eigenvalue weighted by Crippen LogP contribution is 2.30. The molecule has 7 nitrogen and oxygen atoms in total. The van der Waals surface area contributed by atoms with Crippen LogP contribution < -0.4 is 11.1 Å². The van der Waals surface area contributed by atoms with Crippen LogP contribution in [0.25, 0.3) is 11.3 Å². The van der Waals surface area contributed by atoms with Gasteiger partial charge in [-0.05, 0) is 61.6 Å². The van der Waals surface area contributed by atoms with Crippen LogP contribution in [0.4, 0.5) is 0 Å². The summed E-state index contributed by atoms with van der Waals surface area (Å²) in [6.07, 6.45) is 3.67. The van der Waals surface area contributed by atoms with Crippen molar-refractivity contribution in [1.82, 2.24) is 15.4 Å². The minimum atomic E-state index is -0.248. The van der Waals surface area contributed by atoms with Crippen LogP contribution >= 0.6 is 0 Å². The lowest BCUT2D eigenvalue weighted by Gasteiger charge is -2.35. The highest BCUT2D eigenvalue weighted by Gasteiger charge is 2.32. The van der Waals surface area contributed by atoms with Crippen LogP contribution in [0, 0.1) is 17.8 Å². The van der Waals surface area contributed by atoms with Crippen molar-refractivity contribution in [2.24, 2.45) is 23.5 Å². The highest BCUT2D eigenvalue weighted by atomic mass is 16.5. The van der Waals surface area contributed by atoms with Crippen LogP contribution in [0.15, 0.2) is 34.9 Å². The van der Waals surface area contributed by atoms with E-state index in [0.29, 0.717) is 44.2 Å². The molecule has 2 atom stereocenters. The number of piperidine rings is 2. The Kier molecular flexibility index (Phi) is 7.41. The number of hydrogen-bond donors (Lipinski definition) is 2. The van der Waals surface area contributed by atoms with Gasteiger partial charge < -0.3 is 20.5 Å². The fraction of sp³-hybridized carbons (Fsp3) is 0.593. The number of aromatic nitrogens is 1. The second-order valence-corrected chi connectivity index (χ2v) is 11.0. The van der Waals surface area contributed by atoms with Crippen molar-refractivity contribution in [3.8, 4) is 11.3 Å². The normalized spacial score (nSPS) is 22.0. The molecule has 0 aliphatic carbocycles. The number of likely N-dealkylation sites (tertiary alicyclic amines) is 1. The van der Waals surface area contributed by atoms with E-state index >= 15 is 0 Å². The molecule has 184 valence electrons. The summed E-state index contributed by atoms with van der Waals surface area (Å²) in [5.41, 5.74) is 8.79. The minimum absolute atomic E-state index is 0.0956. The molecule has 3 N–H and O–H groups in total. The number of rotatable bonds is 6. The lowest BCUT2D eigenvalue weighted by molar-refractivity contribution is -0.136. The number of carbonyl (C=O) groups is 2. The minimum Gasteiger partial charge on any atom is -0.369 e. The Labute approximate surface area is 202 Å². The SMILES string of the molecule is CC(C)(C)c1ccc(-c2cc(CC3CNCCC3CC(=O)N3CCC(C(N)=O)CC3)no2)cc1. The molecule has 2 aromatic rings. The molecule has 2 fully saturated rings. The van der Waals surface area contributed by atoms with Crippen LogP contribution in [0.1, 0.15) is 57.7 Å². The summed E-state index contributed by atoms with van der Waals surface area (Å²) in [5.74, 6) is 1.28. The number of benzene rings is 1. The van der Waals surface area contributed by atoms with Crippen molar-refractivity contribution in [3.63, 3.8) is 0 Å². The van der Waals surface area contributed by atoms with Crippen LogP contribution in [0.3, 0.4) is 0 Å². The maximum Gasteiger partial charge on any atom is 0.222 e. The van der Waals surface area contributed by atoms with Gasteiger partial charge >= 0.3 is 0 Å². The van der Waals surface area contributed by atoms with E-state index < -0.39 is 0 Å². The van der Waals surface area contributed by atoms with Gasteiger partial charge in [0, 0.05) is 37.1 Å². The molecule has 4 rings (SSSR count). The lowest BCUT2D eigenvalue weighted by atomic mass is 9.80. The molecule has 0 spiro atoms. The summed E-state index contributed by atoms with van der Waals surface area (Å²) in [4.78, 5) is 26.3. The number of nitrogens with two attached hydrogens (primary N) is 1. The van der Waals surface area contributed by atoms with Gasteiger partial charge in [0.2, 0.25) is 11.8 Å². The first-order valence-electron chi connectivity index (χ1n) is 12.5. The molecule has 2 aliphatic heterocycles. The predicted molar refractivity (Wildman–Crippen MR) is 132 cm³/mol. The number of nitrogens with one attached hydrogen (secondary N) is 1. The Bertz CT molecular complexity index is 984. The maximum absolute atomic E-state index is 13.0. The Balaban J connectivity index is 1.36. The number of amides is 2. The number of primary amides is 1. The van der Waals surface area contributed by atoms with Crippen LogP contribution in [0.5, 0.6) is 0 Å². The number of hydrogen-bond acceptors (Lipinski definition) is 5. The Morgan fingerprint density at radius 3 is 2.47 bits per heavy atom. The topological polar surface area (TPSA) is 101 Å². The van der Waals surface area contributed by atoms with Crippen LogP contribution in [-0.2, 0) is 21.4 Å². The smallest absolute Gasteiger partial charge is 0.222 e. The second kappa shape index (κ2) is 10.3. The molecule has 2 saturated heterocycles. The van der Waals surface area contributed by atoms with E-state index in [1.165, 1.54) is 5.56 Å². The zero-order valence-electron chi connectivity index (χ0n) is 20.7. The molecule has 0 radical (unpaired) electrons. The van der Waals surface area contributed by atoms with Crippen molar-refractivity contribution >= 4 is 11.8 Å². The molecule has 2 unspecified atom stereocenters. The van der Waals surface area contributed by atoms with Gasteiger partial charge in [-0.25, -0.2) is 0 Å². The van der Waals surface area contributed by atoms with Crippen molar-refractivity contribution in [2.75, 3.05) is 26.2 Å². The number of carbonyl (C=O) groups excluding carboxylic acids is 2. The van der Waals surface area contributed by atoms with Gasteiger partial charge in [-0.15, -0.1) is 0 Å². The van der Waals surface area contributed by atoms with Gasteiger partial charge in [-0.2, -0.15) is 0 Å². The molecular weight excluding hydrogens is 428 g/mol. The third kappa shape index (κ3) is 5.87. The van der Waals surface area contributed by atoms with Gasteiger partial charge in [0.25, 0.3) is 0 Å². The summed E-state index contributed by atoms with van der Waals surface area (Å²) in [5, 5.41) is 7.82. The first kappa shape index (κ1) is 24.5. The van der Waals surface area contributed by atoms with Gasteiger partial charge in [0.05, 0.1) is 5.69 Å². The van der Waals surface area contributed by atoms with Gasteiger partial charge in [-0.3, -0.25) is 9.59 Å². The third-order valence-corrected chi connectivity index (χ3v) is 7.52. The zero-order valence-corrected chi connectivity index (χ0v) is 20.7. The molecule has 1 aromatic heterocycles. The molecule has 34 heavy (non-hydrogen) atoms. The van der Waals surface area contributed by atoms with Crippen molar-refractivity contribution in [3.05, 3.63) is 41.6 Å². The summed E-state index contributed by atoms with van der Waals surface area (Å²) in [6, 6.07) is 10.5. The fourth-order valence-electron chi connectivity index (χ4n) is 5.20. The average Bonchev–Trinajstić information content (AvgIpc) is 3.28. The Morgan fingerprint density at radius 2 is 1.82 bits per heavy atom. The van der Waals surface area contributed by atoms with Gasteiger partial charge in [0.15, 0.2) is 5.76 Å². The van der Waals surface area contributed by atoms with E-state index in [0.717, 1.165) is 42.9 Å². The summed E-state index contributed by atoms with van der Waals surface area (Å²) < 4.78 is 5.68. The number of nitrogens with zero attached hydrogens (tertiary/aromatic N) is 2. The lowest BCUT2D eigenvalue weighted by Crippen LogP contribution is -2.44. The molecular formula is C27H38N4O3. The van der Waals surface area contributed by atoms with Gasteiger partial charge in [0.1, 0.15) is 0 Å². The summed E-state index contributed by atoms with van der Waals surface area (Å²) in [7, 11) is 0. The quantitative estimate of drug-likeness (QED) is 0.678. The van der Waals surface area contributed by atoms with Crippen LogP contribution in [-0.4, -0.2) is 48.0 Å². The highest BCUT2D eigenvalue weighted by molar-refractivity contribution is 5.79. The monoisotopic (exact) mass is 466 g/mol. The first-order valence-corrected chi connectivity index (χ1v) is 12.5. The van der Waals surface area contributed by atoms with Crippen LogP contribution in [0.2, 0.25) is 0 Å². The van der Waals surface area contributed by atoms with E-state index in [1.807, 2.05) is 11.0 Å². The van der Waals surface area contributed by atoms with E-state index in [2.05, 4.69) is 55.5 Å². The van der Waals surface area contributed by atoms with Gasteiger partial charge in [-0.1, -0.05) is 50.2 Å². The van der Waals surface area contributed by atoms with E-state index in [1.54, 1.807) is 0 Å². The largest absolute Gasteiger partial charge is 0.369 e. The average molecular weight is 467 g/mol.